The molecule has 1 N–H and O–H groups in total. The van der Waals surface area contributed by atoms with Gasteiger partial charge in [0.2, 0.25) is 5.78 Å². The minimum Gasteiger partial charge on any atom is -0.497 e. The number of rotatable bonds is 6. The molecule has 0 atom stereocenters. The molecule has 0 fully saturated rings. The van der Waals surface area contributed by atoms with Crippen molar-refractivity contribution in [2.75, 3.05) is 13.7 Å². The highest BCUT2D eigenvalue weighted by Crippen LogP contribution is 2.35. The first-order chi connectivity index (χ1) is 15.6. The van der Waals surface area contributed by atoms with E-state index < -0.39 is 0 Å². The van der Waals surface area contributed by atoms with E-state index in [2.05, 4.69) is 4.98 Å². The van der Waals surface area contributed by atoms with Gasteiger partial charge in [0, 0.05) is 34.3 Å². The third-order valence-electron chi connectivity index (χ3n) is 5.33. The van der Waals surface area contributed by atoms with E-state index in [1.165, 1.54) is 0 Å². The number of aromatic nitrogens is 1. The van der Waals surface area contributed by atoms with E-state index in [4.69, 9.17) is 14.2 Å². The molecular formula is C26H19NO5. The maximum atomic E-state index is 12.8. The Labute approximate surface area is 184 Å². The summed E-state index contributed by atoms with van der Waals surface area (Å²) in [6, 6.07) is 19.6. The Morgan fingerprint density at radius 3 is 2.62 bits per heavy atom. The van der Waals surface area contributed by atoms with Gasteiger partial charge in [-0.3, -0.25) is 9.59 Å². The number of nitrogens with one attached hydrogen (secondary N) is 1. The maximum absolute atomic E-state index is 12.8. The maximum Gasteiger partial charge on any atom is 0.231 e. The Balaban J connectivity index is 1.31. The van der Waals surface area contributed by atoms with Crippen molar-refractivity contribution >= 4 is 28.5 Å². The van der Waals surface area contributed by atoms with Crippen LogP contribution in [-0.2, 0) is 0 Å². The van der Waals surface area contributed by atoms with Crippen LogP contribution >= 0.6 is 0 Å². The summed E-state index contributed by atoms with van der Waals surface area (Å²) in [7, 11) is 1.57. The fourth-order valence-electron chi connectivity index (χ4n) is 3.62. The lowest BCUT2D eigenvalue weighted by molar-refractivity contribution is 0.0920. The van der Waals surface area contributed by atoms with Gasteiger partial charge < -0.3 is 19.2 Å². The van der Waals surface area contributed by atoms with Crippen LogP contribution in [0.2, 0.25) is 0 Å². The summed E-state index contributed by atoms with van der Waals surface area (Å²) in [5, 5.41) is 1.01. The highest BCUT2D eigenvalue weighted by molar-refractivity contribution is 6.15. The predicted molar refractivity (Wildman–Crippen MR) is 120 cm³/mol. The number of H-pyrrole nitrogens is 1. The number of hydrogen-bond donors (Lipinski definition) is 1. The van der Waals surface area contributed by atoms with Crippen molar-refractivity contribution in [2.45, 2.75) is 0 Å². The van der Waals surface area contributed by atoms with Gasteiger partial charge in [-0.2, -0.15) is 0 Å². The molecule has 1 aliphatic heterocycles. The SMILES string of the molecule is COc1ccc(C(=O)COc2ccc3c(c2)OC(=Cc2c[nH]c4ccccc24)C3=O)cc1. The average molecular weight is 425 g/mol. The molecular weight excluding hydrogens is 406 g/mol. The van der Waals surface area contributed by atoms with Crippen molar-refractivity contribution in [1.29, 1.82) is 0 Å². The second-order valence-corrected chi connectivity index (χ2v) is 7.33. The van der Waals surface area contributed by atoms with Gasteiger partial charge in [0.25, 0.3) is 0 Å². The summed E-state index contributed by atoms with van der Waals surface area (Å²) in [6.07, 6.45) is 3.57. The van der Waals surface area contributed by atoms with Gasteiger partial charge in [-0.15, -0.1) is 0 Å². The van der Waals surface area contributed by atoms with Crippen molar-refractivity contribution in [3.8, 4) is 17.2 Å². The second-order valence-electron chi connectivity index (χ2n) is 7.33. The van der Waals surface area contributed by atoms with Crippen LogP contribution in [0.25, 0.3) is 17.0 Å². The molecule has 1 aliphatic rings. The molecule has 0 saturated heterocycles. The zero-order valence-corrected chi connectivity index (χ0v) is 17.3. The van der Waals surface area contributed by atoms with Crippen LogP contribution in [0.15, 0.2) is 78.7 Å². The fraction of sp³-hybridized carbons (Fsp3) is 0.0769. The topological polar surface area (TPSA) is 77.6 Å². The van der Waals surface area contributed by atoms with Crippen LogP contribution < -0.4 is 14.2 Å². The van der Waals surface area contributed by atoms with Crippen molar-refractivity contribution in [3.63, 3.8) is 0 Å². The van der Waals surface area contributed by atoms with Gasteiger partial charge in [-0.05, 0) is 48.5 Å². The highest BCUT2D eigenvalue weighted by Gasteiger charge is 2.28. The quantitative estimate of drug-likeness (QED) is 0.345. The Morgan fingerprint density at radius 1 is 1.03 bits per heavy atom. The number of carbonyl (C=O) groups excluding carboxylic acids is 2. The molecule has 2 heterocycles. The molecule has 1 aromatic heterocycles. The monoisotopic (exact) mass is 425 g/mol. The number of ether oxygens (including phenoxy) is 3. The minimum atomic E-state index is -0.189. The number of allylic oxidation sites excluding steroid dienone is 1. The van der Waals surface area contributed by atoms with E-state index in [-0.39, 0.29) is 23.9 Å². The standard InChI is InChI=1S/C26H19NO5/c1-30-18-8-6-16(7-9-18)23(28)15-31-19-10-11-21-24(13-19)32-25(26(21)29)12-17-14-27-22-5-3-2-4-20(17)22/h2-14,27H,15H2,1H3. The van der Waals surface area contributed by atoms with E-state index in [1.807, 2.05) is 30.5 Å². The molecule has 32 heavy (non-hydrogen) atoms. The highest BCUT2D eigenvalue weighted by atomic mass is 16.5. The average Bonchev–Trinajstić information content (AvgIpc) is 3.38. The molecule has 0 unspecified atom stereocenters. The zero-order valence-electron chi connectivity index (χ0n) is 17.3. The number of fused-ring (bicyclic) bond motifs is 2. The smallest absolute Gasteiger partial charge is 0.231 e. The van der Waals surface area contributed by atoms with Crippen LogP contribution in [0.1, 0.15) is 26.3 Å². The zero-order chi connectivity index (χ0) is 22.1. The molecule has 0 radical (unpaired) electrons. The van der Waals surface area contributed by atoms with E-state index >= 15 is 0 Å². The van der Waals surface area contributed by atoms with Gasteiger partial charge in [-0.1, -0.05) is 18.2 Å². The summed E-state index contributed by atoms with van der Waals surface area (Å²) in [6.45, 7) is -0.128. The molecule has 6 heteroatoms. The third-order valence-corrected chi connectivity index (χ3v) is 5.33. The normalized spacial score (nSPS) is 13.8. The number of aromatic amines is 1. The van der Waals surface area contributed by atoms with Crippen molar-refractivity contribution in [2.24, 2.45) is 0 Å². The van der Waals surface area contributed by atoms with Gasteiger partial charge in [-0.25, -0.2) is 0 Å². The Hall–Kier alpha value is -4.32. The molecule has 0 aliphatic carbocycles. The van der Waals surface area contributed by atoms with Crippen LogP contribution in [0.3, 0.4) is 0 Å². The van der Waals surface area contributed by atoms with Crippen molar-refractivity contribution in [3.05, 3.63) is 95.4 Å². The summed E-state index contributed by atoms with van der Waals surface area (Å²) >= 11 is 0. The lowest BCUT2D eigenvalue weighted by Crippen LogP contribution is -2.11. The molecule has 0 spiro atoms. The minimum absolute atomic E-state index is 0.128. The number of hydrogen-bond acceptors (Lipinski definition) is 5. The number of Topliss-reactive ketones (excluding diaryl/α,β-unsaturated/α-hetero) is 2. The summed E-state index contributed by atoms with van der Waals surface area (Å²) in [4.78, 5) is 28.3. The number of carbonyl (C=O) groups is 2. The first-order valence-corrected chi connectivity index (χ1v) is 10.1. The first-order valence-electron chi connectivity index (χ1n) is 10.1. The van der Waals surface area contributed by atoms with Gasteiger partial charge in [0.05, 0.1) is 12.7 Å². The van der Waals surface area contributed by atoms with E-state index in [1.54, 1.807) is 55.7 Å². The Bertz CT molecular complexity index is 1360. The van der Waals surface area contributed by atoms with Gasteiger partial charge >= 0.3 is 0 Å². The molecule has 3 aromatic carbocycles. The summed E-state index contributed by atoms with van der Waals surface area (Å²) in [5.74, 6) is 1.44. The second kappa shape index (κ2) is 8.07. The third kappa shape index (κ3) is 3.63. The summed E-state index contributed by atoms with van der Waals surface area (Å²) < 4.78 is 16.6. The van der Waals surface area contributed by atoms with E-state index in [0.29, 0.717) is 28.4 Å². The molecule has 6 nitrogen and oxygen atoms in total. The lowest BCUT2D eigenvalue weighted by atomic mass is 10.1. The summed E-state index contributed by atoms with van der Waals surface area (Å²) in [5.41, 5.74) is 2.85. The lowest BCUT2D eigenvalue weighted by Gasteiger charge is -2.07. The van der Waals surface area contributed by atoms with E-state index in [0.717, 1.165) is 16.5 Å². The fourth-order valence-corrected chi connectivity index (χ4v) is 3.62. The molecule has 158 valence electrons. The molecule has 0 saturated carbocycles. The first kappa shape index (κ1) is 19.6. The van der Waals surface area contributed by atoms with Crippen LogP contribution in [-0.4, -0.2) is 30.3 Å². The van der Waals surface area contributed by atoms with Crippen molar-refractivity contribution < 1.29 is 23.8 Å². The molecule has 4 aromatic rings. The molecule has 0 amide bonds. The van der Waals surface area contributed by atoms with Crippen molar-refractivity contribution in [1.82, 2.24) is 4.98 Å². The Kier molecular flexibility index (Phi) is 4.95. The molecule has 5 rings (SSSR count). The number of methoxy groups -OCH3 is 1. The Morgan fingerprint density at radius 2 is 1.81 bits per heavy atom. The number of ketones is 2. The van der Waals surface area contributed by atoms with Crippen LogP contribution in [0.4, 0.5) is 0 Å². The van der Waals surface area contributed by atoms with E-state index in [9.17, 15) is 9.59 Å². The number of benzene rings is 3. The molecule has 0 bridgehead atoms. The number of para-hydroxylation sites is 1. The van der Waals surface area contributed by atoms with Crippen LogP contribution in [0, 0.1) is 0 Å². The van der Waals surface area contributed by atoms with Gasteiger partial charge in [0.15, 0.2) is 18.1 Å². The van der Waals surface area contributed by atoms with Crippen LogP contribution in [0.5, 0.6) is 17.2 Å². The van der Waals surface area contributed by atoms with Gasteiger partial charge in [0.1, 0.15) is 17.2 Å². The largest absolute Gasteiger partial charge is 0.497 e. The predicted octanol–water partition coefficient (Wildman–Crippen LogP) is 5.05.